The van der Waals surface area contributed by atoms with Gasteiger partial charge in [-0.05, 0) is 39.3 Å². The van der Waals surface area contributed by atoms with Gasteiger partial charge in [-0.25, -0.2) is 4.98 Å². The molecule has 0 saturated carbocycles. The maximum Gasteiger partial charge on any atom is 0.157 e. The standard InChI is InChI=1S/C23H35N7/c1-6-9-29-16(2)18(14-25-29)15-28-10-7-17(8-11-28)19-12-21(24)30-22(26-19)13-20(27-30)23(3,4)5/h12-14,17H,6-11,15,24H2,1-5H3. The zero-order chi connectivity index (χ0) is 21.5. The lowest BCUT2D eigenvalue weighted by Gasteiger charge is -2.31. The van der Waals surface area contributed by atoms with Crippen LogP contribution in [0.25, 0.3) is 5.65 Å². The summed E-state index contributed by atoms with van der Waals surface area (Å²) in [6, 6.07) is 4.09. The average Bonchev–Trinajstić information content (AvgIpc) is 3.28. The molecule has 7 heteroatoms. The Morgan fingerprint density at radius 3 is 2.57 bits per heavy atom. The number of hydrogen-bond donors (Lipinski definition) is 1. The van der Waals surface area contributed by atoms with E-state index >= 15 is 0 Å². The van der Waals surface area contributed by atoms with E-state index in [-0.39, 0.29) is 5.41 Å². The van der Waals surface area contributed by atoms with Crippen molar-refractivity contribution in [3.63, 3.8) is 0 Å². The van der Waals surface area contributed by atoms with Crippen molar-refractivity contribution in [3.8, 4) is 0 Å². The number of nitrogen functional groups attached to an aromatic ring is 1. The summed E-state index contributed by atoms with van der Waals surface area (Å²) >= 11 is 0. The third-order valence-electron chi connectivity index (χ3n) is 6.28. The number of anilines is 1. The van der Waals surface area contributed by atoms with Crippen LogP contribution in [-0.4, -0.2) is 42.4 Å². The smallest absolute Gasteiger partial charge is 0.157 e. The highest BCUT2D eigenvalue weighted by Crippen LogP contribution is 2.30. The van der Waals surface area contributed by atoms with Gasteiger partial charge in [-0.3, -0.25) is 9.58 Å². The summed E-state index contributed by atoms with van der Waals surface area (Å²) in [6.45, 7) is 15.0. The Morgan fingerprint density at radius 2 is 1.90 bits per heavy atom. The fourth-order valence-electron chi connectivity index (χ4n) is 4.30. The number of fused-ring (bicyclic) bond motifs is 1. The Balaban J connectivity index is 1.44. The Kier molecular flexibility index (Phi) is 5.57. The first kappa shape index (κ1) is 20.8. The van der Waals surface area contributed by atoms with E-state index in [9.17, 15) is 0 Å². The van der Waals surface area contributed by atoms with E-state index in [0.717, 1.165) is 62.5 Å². The third-order valence-corrected chi connectivity index (χ3v) is 6.28. The maximum absolute atomic E-state index is 6.33. The van der Waals surface area contributed by atoms with Crippen LogP contribution >= 0.6 is 0 Å². The molecule has 3 aromatic heterocycles. The molecule has 0 aliphatic carbocycles. The van der Waals surface area contributed by atoms with Crippen LogP contribution in [0.4, 0.5) is 5.82 Å². The van der Waals surface area contributed by atoms with Crippen LogP contribution in [0.1, 0.15) is 75.5 Å². The van der Waals surface area contributed by atoms with Gasteiger partial charge in [-0.1, -0.05) is 27.7 Å². The van der Waals surface area contributed by atoms with Crippen molar-refractivity contribution < 1.29 is 0 Å². The van der Waals surface area contributed by atoms with E-state index in [1.165, 1.54) is 11.3 Å². The molecule has 162 valence electrons. The molecule has 1 fully saturated rings. The van der Waals surface area contributed by atoms with Gasteiger partial charge in [-0.15, -0.1) is 0 Å². The summed E-state index contributed by atoms with van der Waals surface area (Å²) in [5.74, 6) is 1.12. The number of rotatable bonds is 5. The molecule has 30 heavy (non-hydrogen) atoms. The molecule has 0 bridgehead atoms. The molecule has 0 spiro atoms. The number of likely N-dealkylation sites (tertiary alicyclic amines) is 1. The van der Waals surface area contributed by atoms with Gasteiger partial charge in [0.1, 0.15) is 5.82 Å². The molecular formula is C23H35N7. The molecule has 0 radical (unpaired) electrons. The Hall–Kier alpha value is -2.41. The predicted octanol–water partition coefficient (Wildman–Crippen LogP) is 3.90. The summed E-state index contributed by atoms with van der Waals surface area (Å²) in [5.41, 5.74) is 11.9. The molecule has 3 aromatic rings. The molecular weight excluding hydrogens is 374 g/mol. The van der Waals surface area contributed by atoms with Crippen molar-refractivity contribution in [2.45, 2.75) is 78.3 Å². The van der Waals surface area contributed by atoms with Gasteiger partial charge in [-0.2, -0.15) is 14.7 Å². The fourth-order valence-corrected chi connectivity index (χ4v) is 4.30. The minimum Gasteiger partial charge on any atom is -0.384 e. The Morgan fingerprint density at radius 1 is 1.17 bits per heavy atom. The highest BCUT2D eigenvalue weighted by Gasteiger charge is 2.25. The summed E-state index contributed by atoms with van der Waals surface area (Å²) in [4.78, 5) is 7.47. The minimum atomic E-state index is -0.0191. The normalized spacial score (nSPS) is 16.6. The van der Waals surface area contributed by atoms with E-state index in [1.807, 2.05) is 12.3 Å². The summed E-state index contributed by atoms with van der Waals surface area (Å²) in [5, 5.41) is 9.21. The van der Waals surface area contributed by atoms with E-state index in [2.05, 4.69) is 60.5 Å². The first-order valence-electron chi connectivity index (χ1n) is 11.2. The maximum atomic E-state index is 6.33. The number of nitrogens with two attached hydrogens (primary N) is 1. The minimum absolute atomic E-state index is 0.0191. The number of aromatic nitrogens is 5. The van der Waals surface area contributed by atoms with Crippen LogP contribution < -0.4 is 5.73 Å². The van der Waals surface area contributed by atoms with Crippen molar-refractivity contribution in [1.29, 1.82) is 0 Å². The molecule has 4 rings (SSSR count). The largest absolute Gasteiger partial charge is 0.384 e. The SMILES string of the molecule is CCCn1ncc(CN2CCC(c3cc(N)n4nc(C(C)(C)C)cc4n3)CC2)c1C. The van der Waals surface area contributed by atoms with Crippen LogP contribution in [0, 0.1) is 6.92 Å². The van der Waals surface area contributed by atoms with Crippen LogP contribution in [0.5, 0.6) is 0 Å². The number of piperidine rings is 1. The van der Waals surface area contributed by atoms with Gasteiger partial charge >= 0.3 is 0 Å². The first-order chi connectivity index (χ1) is 14.3. The number of nitrogens with zero attached hydrogens (tertiary/aromatic N) is 6. The van der Waals surface area contributed by atoms with Gasteiger partial charge in [0.2, 0.25) is 0 Å². The Bertz CT molecular complexity index is 1020. The second-order valence-electron chi connectivity index (χ2n) is 9.68. The molecule has 1 saturated heterocycles. The molecule has 1 aliphatic heterocycles. The quantitative estimate of drug-likeness (QED) is 0.691. The van der Waals surface area contributed by atoms with Gasteiger partial charge < -0.3 is 5.73 Å². The van der Waals surface area contributed by atoms with Crippen molar-refractivity contribution in [2.75, 3.05) is 18.8 Å². The zero-order valence-corrected chi connectivity index (χ0v) is 19.0. The van der Waals surface area contributed by atoms with Gasteiger partial charge in [0.15, 0.2) is 5.65 Å². The summed E-state index contributed by atoms with van der Waals surface area (Å²) < 4.78 is 3.90. The fraction of sp³-hybridized carbons (Fsp3) is 0.609. The second kappa shape index (κ2) is 8.02. The Labute approximate surface area is 179 Å². The van der Waals surface area contributed by atoms with Gasteiger partial charge in [0.05, 0.1) is 11.9 Å². The highest BCUT2D eigenvalue weighted by atomic mass is 15.3. The molecule has 0 amide bonds. The molecule has 0 unspecified atom stereocenters. The van der Waals surface area contributed by atoms with Gasteiger partial charge in [0.25, 0.3) is 0 Å². The van der Waals surface area contributed by atoms with Crippen molar-refractivity contribution in [1.82, 2.24) is 29.3 Å². The van der Waals surface area contributed by atoms with Crippen LogP contribution in [0.2, 0.25) is 0 Å². The van der Waals surface area contributed by atoms with E-state index < -0.39 is 0 Å². The lowest BCUT2D eigenvalue weighted by atomic mass is 9.92. The number of hydrogen-bond acceptors (Lipinski definition) is 5. The third kappa shape index (κ3) is 4.08. The molecule has 2 N–H and O–H groups in total. The zero-order valence-electron chi connectivity index (χ0n) is 19.0. The average molecular weight is 410 g/mol. The molecule has 1 aliphatic rings. The monoisotopic (exact) mass is 409 g/mol. The molecule has 0 atom stereocenters. The molecule has 0 aromatic carbocycles. The van der Waals surface area contributed by atoms with Crippen LogP contribution in [0.15, 0.2) is 18.3 Å². The van der Waals surface area contributed by atoms with Crippen molar-refractivity contribution in [2.24, 2.45) is 0 Å². The lowest BCUT2D eigenvalue weighted by molar-refractivity contribution is 0.203. The summed E-state index contributed by atoms with van der Waals surface area (Å²) in [7, 11) is 0. The van der Waals surface area contributed by atoms with Crippen molar-refractivity contribution >= 4 is 11.5 Å². The van der Waals surface area contributed by atoms with E-state index in [0.29, 0.717) is 11.7 Å². The van der Waals surface area contributed by atoms with Crippen LogP contribution in [-0.2, 0) is 18.5 Å². The van der Waals surface area contributed by atoms with Crippen LogP contribution in [0.3, 0.4) is 0 Å². The van der Waals surface area contributed by atoms with E-state index in [4.69, 9.17) is 10.7 Å². The van der Waals surface area contributed by atoms with Gasteiger partial charge in [0, 0.05) is 53.5 Å². The highest BCUT2D eigenvalue weighted by molar-refractivity contribution is 5.49. The predicted molar refractivity (Wildman–Crippen MR) is 121 cm³/mol. The second-order valence-corrected chi connectivity index (χ2v) is 9.68. The number of aryl methyl sites for hydroxylation is 1. The topological polar surface area (TPSA) is 77.3 Å². The first-order valence-corrected chi connectivity index (χ1v) is 11.2. The van der Waals surface area contributed by atoms with E-state index in [1.54, 1.807) is 4.52 Å². The molecule has 4 heterocycles. The summed E-state index contributed by atoms with van der Waals surface area (Å²) in [6.07, 6.45) is 5.36. The molecule has 7 nitrogen and oxygen atoms in total. The van der Waals surface area contributed by atoms with Crippen molar-refractivity contribution in [3.05, 3.63) is 41.0 Å². The lowest BCUT2D eigenvalue weighted by Crippen LogP contribution is -2.33.